The standard InChI is InChI=1S/C41H26O2S/c1-3-12-28(13-4-1)41(29-14-5-2-6-15-29)32-18-8-9-19-36(32)43-37-26-27(22-23-33(37)41)34-24-25-35(42-34)30-17-11-21-39-40(30)31-16-7-10-20-38(31)44-39/h1-26H. The van der Waals surface area contributed by atoms with Crippen molar-refractivity contribution in [2.24, 2.45) is 0 Å². The van der Waals surface area contributed by atoms with Crippen LogP contribution in [0.15, 0.2) is 162 Å². The van der Waals surface area contributed by atoms with E-state index < -0.39 is 5.41 Å². The first-order chi connectivity index (χ1) is 21.8. The summed E-state index contributed by atoms with van der Waals surface area (Å²) >= 11 is 1.82. The second-order valence-corrected chi connectivity index (χ2v) is 12.3. The molecule has 9 rings (SSSR count). The van der Waals surface area contributed by atoms with Gasteiger partial charge < -0.3 is 9.15 Å². The lowest BCUT2D eigenvalue weighted by Gasteiger charge is -2.41. The van der Waals surface area contributed by atoms with Gasteiger partial charge in [0, 0.05) is 42.4 Å². The Morgan fingerprint density at radius 1 is 0.477 bits per heavy atom. The molecule has 2 aromatic heterocycles. The SMILES string of the molecule is c1ccc(C2(c3ccccc3)c3ccccc3Oc3cc(-c4ccc(-c5cccc6sc7ccccc7c56)o4)ccc32)cc1. The minimum atomic E-state index is -0.533. The Kier molecular flexibility index (Phi) is 5.62. The molecule has 2 nitrogen and oxygen atoms in total. The van der Waals surface area contributed by atoms with Crippen molar-refractivity contribution in [2.45, 2.75) is 5.41 Å². The summed E-state index contributed by atoms with van der Waals surface area (Å²) in [7, 11) is 0. The van der Waals surface area contributed by atoms with E-state index >= 15 is 0 Å². The van der Waals surface area contributed by atoms with Crippen LogP contribution >= 0.6 is 11.3 Å². The molecule has 0 N–H and O–H groups in total. The van der Waals surface area contributed by atoms with Crippen molar-refractivity contribution >= 4 is 31.5 Å². The van der Waals surface area contributed by atoms with E-state index in [1.54, 1.807) is 0 Å². The molecule has 0 aliphatic carbocycles. The topological polar surface area (TPSA) is 22.4 Å². The molecule has 0 bridgehead atoms. The highest BCUT2D eigenvalue weighted by Gasteiger charge is 2.45. The third-order valence-corrected chi connectivity index (χ3v) is 10.0. The van der Waals surface area contributed by atoms with Crippen LogP contribution in [-0.2, 0) is 5.41 Å². The van der Waals surface area contributed by atoms with E-state index in [1.165, 1.54) is 31.3 Å². The number of hydrogen-bond donors (Lipinski definition) is 0. The Balaban J connectivity index is 1.22. The molecule has 0 amide bonds. The summed E-state index contributed by atoms with van der Waals surface area (Å²) in [5.41, 5.74) is 6.20. The van der Waals surface area contributed by atoms with Crippen molar-refractivity contribution in [1.29, 1.82) is 0 Å². The highest BCUT2D eigenvalue weighted by Crippen LogP contribution is 2.55. The van der Waals surface area contributed by atoms with Gasteiger partial charge in [0.1, 0.15) is 23.0 Å². The molecule has 0 saturated heterocycles. The van der Waals surface area contributed by atoms with Crippen LogP contribution in [0.5, 0.6) is 11.5 Å². The lowest BCUT2D eigenvalue weighted by atomic mass is 9.63. The van der Waals surface area contributed by atoms with Crippen LogP contribution in [0.1, 0.15) is 22.3 Å². The lowest BCUT2D eigenvalue weighted by Crippen LogP contribution is -2.34. The Hall–Kier alpha value is -5.38. The van der Waals surface area contributed by atoms with Crippen molar-refractivity contribution < 1.29 is 9.15 Å². The molecule has 0 fully saturated rings. The van der Waals surface area contributed by atoms with Gasteiger partial charge in [0.15, 0.2) is 0 Å². The molecule has 0 spiro atoms. The number of thiophene rings is 1. The van der Waals surface area contributed by atoms with E-state index in [1.807, 2.05) is 17.4 Å². The van der Waals surface area contributed by atoms with Crippen LogP contribution in [0.4, 0.5) is 0 Å². The molecule has 3 heteroatoms. The summed E-state index contributed by atoms with van der Waals surface area (Å²) in [6.45, 7) is 0. The molecule has 0 saturated carbocycles. The molecule has 0 radical (unpaired) electrons. The van der Waals surface area contributed by atoms with E-state index in [9.17, 15) is 0 Å². The minimum Gasteiger partial charge on any atom is -0.457 e. The maximum atomic E-state index is 6.68. The summed E-state index contributed by atoms with van der Waals surface area (Å²) in [6, 6.07) is 55.7. The van der Waals surface area contributed by atoms with Crippen molar-refractivity contribution in [3.8, 4) is 34.1 Å². The van der Waals surface area contributed by atoms with Crippen LogP contribution in [0.25, 0.3) is 42.8 Å². The second kappa shape index (κ2) is 9.84. The molecule has 0 unspecified atom stereocenters. The van der Waals surface area contributed by atoms with E-state index in [0.717, 1.165) is 45.3 Å². The lowest BCUT2D eigenvalue weighted by molar-refractivity contribution is 0.434. The van der Waals surface area contributed by atoms with Gasteiger partial charge in [-0.05, 0) is 47.5 Å². The monoisotopic (exact) mass is 582 g/mol. The van der Waals surface area contributed by atoms with Gasteiger partial charge in [-0.25, -0.2) is 0 Å². The fourth-order valence-corrected chi connectivity index (χ4v) is 8.11. The van der Waals surface area contributed by atoms with Crippen LogP contribution in [0.3, 0.4) is 0 Å². The Morgan fingerprint density at radius 3 is 1.95 bits per heavy atom. The molecule has 6 aromatic carbocycles. The Labute approximate surface area is 259 Å². The summed E-state index contributed by atoms with van der Waals surface area (Å²) in [5, 5.41) is 2.51. The molecule has 0 atom stereocenters. The molecule has 3 heterocycles. The normalized spacial score (nSPS) is 13.4. The van der Waals surface area contributed by atoms with Crippen molar-refractivity contribution in [3.05, 3.63) is 180 Å². The summed E-state index contributed by atoms with van der Waals surface area (Å²) in [6.07, 6.45) is 0. The maximum absolute atomic E-state index is 6.68. The van der Waals surface area contributed by atoms with Crippen molar-refractivity contribution in [3.63, 3.8) is 0 Å². The molecule has 8 aromatic rings. The fraction of sp³-hybridized carbons (Fsp3) is 0.0244. The zero-order chi connectivity index (χ0) is 29.1. The van der Waals surface area contributed by atoms with Crippen LogP contribution < -0.4 is 4.74 Å². The predicted octanol–water partition coefficient (Wildman–Crippen LogP) is 11.5. The van der Waals surface area contributed by atoms with Gasteiger partial charge in [0.2, 0.25) is 0 Å². The number of ether oxygens (including phenoxy) is 1. The summed E-state index contributed by atoms with van der Waals surface area (Å²) in [4.78, 5) is 0. The first kappa shape index (κ1) is 25.1. The Bertz CT molecular complexity index is 2270. The maximum Gasteiger partial charge on any atom is 0.135 e. The molecule has 1 aliphatic heterocycles. The minimum absolute atomic E-state index is 0.533. The second-order valence-electron chi connectivity index (χ2n) is 11.2. The van der Waals surface area contributed by atoms with Gasteiger partial charge in [-0.2, -0.15) is 0 Å². The number of rotatable bonds is 4. The Morgan fingerprint density at radius 2 is 1.14 bits per heavy atom. The number of fused-ring (bicyclic) bond motifs is 5. The number of para-hydroxylation sites is 1. The van der Waals surface area contributed by atoms with E-state index in [2.05, 4.69) is 152 Å². The van der Waals surface area contributed by atoms with Crippen LogP contribution in [-0.4, -0.2) is 0 Å². The first-order valence-corrected chi connectivity index (χ1v) is 15.7. The molecular formula is C41H26O2S. The van der Waals surface area contributed by atoms with Crippen LogP contribution in [0, 0.1) is 0 Å². The van der Waals surface area contributed by atoms with Gasteiger partial charge in [-0.15, -0.1) is 11.3 Å². The van der Waals surface area contributed by atoms with E-state index in [0.29, 0.717) is 0 Å². The average molecular weight is 583 g/mol. The largest absolute Gasteiger partial charge is 0.457 e. The smallest absolute Gasteiger partial charge is 0.135 e. The average Bonchev–Trinajstić information content (AvgIpc) is 3.73. The third kappa shape index (κ3) is 3.66. The highest BCUT2D eigenvalue weighted by molar-refractivity contribution is 7.25. The van der Waals surface area contributed by atoms with Gasteiger partial charge in [0.05, 0.1) is 5.41 Å². The van der Waals surface area contributed by atoms with Crippen molar-refractivity contribution in [1.82, 2.24) is 0 Å². The molecule has 1 aliphatic rings. The highest BCUT2D eigenvalue weighted by atomic mass is 32.1. The predicted molar refractivity (Wildman–Crippen MR) is 181 cm³/mol. The van der Waals surface area contributed by atoms with Crippen molar-refractivity contribution in [2.75, 3.05) is 0 Å². The number of hydrogen-bond acceptors (Lipinski definition) is 3. The zero-order valence-electron chi connectivity index (χ0n) is 23.7. The number of benzene rings is 6. The molecular weight excluding hydrogens is 557 g/mol. The van der Waals surface area contributed by atoms with Gasteiger partial charge in [0.25, 0.3) is 0 Å². The molecule has 208 valence electrons. The van der Waals surface area contributed by atoms with Gasteiger partial charge >= 0.3 is 0 Å². The van der Waals surface area contributed by atoms with Gasteiger partial charge in [-0.3, -0.25) is 0 Å². The first-order valence-electron chi connectivity index (χ1n) is 14.8. The fourth-order valence-electron chi connectivity index (χ4n) is 6.98. The zero-order valence-corrected chi connectivity index (χ0v) is 24.6. The third-order valence-electron chi connectivity index (χ3n) is 8.87. The quantitative estimate of drug-likeness (QED) is 0.206. The number of furan rings is 1. The van der Waals surface area contributed by atoms with Gasteiger partial charge in [-0.1, -0.05) is 121 Å². The summed E-state index contributed by atoms with van der Waals surface area (Å²) in [5.74, 6) is 3.37. The van der Waals surface area contributed by atoms with E-state index in [-0.39, 0.29) is 0 Å². The van der Waals surface area contributed by atoms with Crippen LogP contribution in [0.2, 0.25) is 0 Å². The molecule has 44 heavy (non-hydrogen) atoms. The van der Waals surface area contributed by atoms with E-state index in [4.69, 9.17) is 9.15 Å². The summed E-state index contributed by atoms with van der Waals surface area (Å²) < 4.78 is 15.8.